The molecule has 6 nitrogen and oxygen atoms in total. The lowest BCUT2D eigenvalue weighted by Gasteiger charge is -2.18. The highest BCUT2D eigenvalue weighted by molar-refractivity contribution is 5.84. The van der Waals surface area contributed by atoms with E-state index in [2.05, 4.69) is 22.1 Å². The predicted octanol–water partition coefficient (Wildman–Crippen LogP) is 2.43. The Labute approximate surface area is 133 Å². The van der Waals surface area contributed by atoms with Gasteiger partial charge in [0.1, 0.15) is 5.82 Å². The van der Waals surface area contributed by atoms with Crippen LogP contribution in [0.2, 0.25) is 0 Å². The average Bonchev–Trinajstić information content (AvgIpc) is 3.31. The van der Waals surface area contributed by atoms with Crippen LogP contribution in [0, 0.1) is 11.8 Å². The van der Waals surface area contributed by atoms with Gasteiger partial charge < -0.3 is 10.4 Å². The van der Waals surface area contributed by atoms with E-state index in [0.29, 0.717) is 22.3 Å². The first kappa shape index (κ1) is 15.1. The van der Waals surface area contributed by atoms with E-state index in [0.717, 1.165) is 12.8 Å². The molecule has 0 radical (unpaired) electrons. The topological polar surface area (TPSA) is 84.2 Å². The van der Waals surface area contributed by atoms with Gasteiger partial charge in [0.05, 0.1) is 16.9 Å². The van der Waals surface area contributed by atoms with Crippen LogP contribution in [0.4, 0.5) is 4.79 Å². The molecule has 1 aromatic heterocycles. The largest absolute Gasteiger partial charge is 0.465 e. The molecule has 0 saturated heterocycles. The third-order valence-electron chi connectivity index (χ3n) is 3.86. The van der Waals surface area contributed by atoms with Crippen LogP contribution >= 0.6 is 0 Å². The molecule has 0 spiro atoms. The smallest absolute Gasteiger partial charge is 0.405 e. The van der Waals surface area contributed by atoms with Crippen molar-refractivity contribution in [3.8, 4) is 11.8 Å². The van der Waals surface area contributed by atoms with E-state index in [4.69, 9.17) is 5.11 Å². The van der Waals surface area contributed by atoms with Crippen molar-refractivity contribution in [2.24, 2.45) is 0 Å². The Hall–Kier alpha value is -2.81. The van der Waals surface area contributed by atoms with Crippen LogP contribution in [-0.2, 0) is 0 Å². The molecule has 0 aliphatic heterocycles. The van der Waals surface area contributed by atoms with Crippen molar-refractivity contribution >= 4 is 17.0 Å². The van der Waals surface area contributed by atoms with Crippen molar-refractivity contribution in [2.75, 3.05) is 0 Å². The number of nitrogens with zero attached hydrogens (tertiary/aromatic N) is 2. The SMILES string of the molecule is CC#Cc1cccc2nc(C(C)NC(=O)O)n(C3CC3)c(=O)c12. The Morgan fingerprint density at radius 2 is 2.22 bits per heavy atom. The molecule has 0 bridgehead atoms. The van der Waals surface area contributed by atoms with Gasteiger partial charge in [0.15, 0.2) is 0 Å². The summed E-state index contributed by atoms with van der Waals surface area (Å²) in [6, 6.07) is 4.89. The highest BCUT2D eigenvalue weighted by atomic mass is 16.4. The molecule has 23 heavy (non-hydrogen) atoms. The zero-order chi connectivity index (χ0) is 16.6. The summed E-state index contributed by atoms with van der Waals surface area (Å²) in [7, 11) is 0. The summed E-state index contributed by atoms with van der Waals surface area (Å²) in [4.78, 5) is 28.5. The van der Waals surface area contributed by atoms with Crippen LogP contribution < -0.4 is 10.9 Å². The van der Waals surface area contributed by atoms with Crippen LogP contribution in [0.1, 0.15) is 50.2 Å². The number of fused-ring (bicyclic) bond motifs is 1. The minimum absolute atomic E-state index is 0.0927. The lowest BCUT2D eigenvalue weighted by molar-refractivity contribution is 0.190. The summed E-state index contributed by atoms with van der Waals surface area (Å²) in [6.45, 7) is 3.41. The van der Waals surface area contributed by atoms with Gasteiger partial charge in [-0.1, -0.05) is 12.0 Å². The van der Waals surface area contributed by atoms with Crippen LogP contribution in [-0.4, -0.2) is 20.8 Å². The van der Waals surface area contributed by atoms with E-state index in [1.807, 2.05) is 0 Å². The summed E-state index contributed by atoms with van der Waals surface area (Å²) in [5.41, 5.74) is 1.05. The number of aromatic nitrogens is 2. The third kappa shape index (κ3) is 2.78. The summed E-state index contributed by atoms with van der Waals surface area (Å²) < 4.78 is 1.63. The second-order valence-electron chi connectivity index (χ2n) is 5.62. The second kappa shape index (κ2) is 5.76. The normalized spacial score (nSPS) is 14.9. The Kier molecular flexibility index (Phi) is 3.78. The first-order valence-corrected chi connectivity index (χ1v) is 7.50. The van der Waals surface area contributed by atoms with E-state index in [-0.39, 0.29) is 11.6 Å². The Morgan fingerprint density at radius 3 is 2.83 bits per heavy atom. The van der Waals surface area contributed by atoms with Crippen molar-refractivity contribution in [1.29, 1.82) is 0 Å². The molecule has 1 unspecified atom stereocenters. The molecular formula is C17H17N3O3. The minimum Gasteiger partial charge on any atom is -0.465 e. The molecule has 1 heterocycles. The van der Waals surface area contributed by atoms with Crippen molar-refractivity contribution < 1.29 is 9.90 Å². The van der Waals surface area contributed by atoms with Crippen molar-refractivity contribution in [3.05, 3.63) is 39.9 Å². The quantitative estimate of drug-likeness (QED) is 0.853. The maximum Gasteiger partial charge on any atom is 0.405 e. The van der Waals surface area contributed by atoms with E-state index in [1.165, 1.54) is 0 Å². The number of hydrogen-bond donors (Lipinski definition) is 2. The van der Waals surface area contributed by atoms with Gasteiger partial charge in [-0.25, -0.2) is 9.78 Å². The summed E-state index contributed by atoms with van der Waals surface area (Å²) in [5, 5.41) is 11.8. The van der Waals surface area contributed by atoms with Crippen LogP contribution in [0.5, 0.6) is 0 Å². The summed E-state index contributed by atoms with van der Waals surface area (Å²) in [5.74, 6) is 6.21. The van der Waals surface area contributed by atoms with E-state index < -0.39 is 12.1 Å². The Bertz CT molecular complexity index is 901. The predicted molar refractivity (Wildman–Crippen MR) is 86.4 cm³/mol. The van der Waals surface area contributed by atoms with Gasteiger partial charge in [0.25, 0.3) is 5.56 Å². The first-order valence-electron chi connectivity index (χ1n) is 7.50. The zero-order valence-electron chi connectivity index (χ0n) is 13.0. The molecule has 1 amide bonds. The molecule has 1 saturated carbocycles. The Balaban J connectivity index is 2.29. The molecule has 118 valence electrons. The molecule has 1 aromatic carbocycles. The molecular weight excluding hydrogens is 294 g/mol. The van der Waals surface area contributed by atoms with E-state index in [9.17, 15) is 9.59 Å². The van der Waals surface area contributed by atoms with E-state index >= 15 is 0 Å². The highest BCUT2D eigenvalue weighted by Gasteiger charge is 2.30. The van der Waals surface area contributed by atoms with Crippen molar-refractivity contribution in [2.45, 2.75) is 38.8 Å². The number of amides is 1. The molecule has 1 aliphatic rings. The lowest BCUT2D eigenvalue weighted by atomic mass is 10.1. The number of benzene rings is 1. The molecule has 1 fully saturated rings. The van der Waals surface area contributed by atoms with Crippen LogP contribution in [0.25, 0.3) is 10.9 Å². The zero-order valence-corrected chi connectivity index (χ0v) is 13.0. The summed E-state index contributed by atoms with van der Waals surface area (Å²) in [6.07, 6.45) is 0.669. The molecule has 2 N–H and O–H groups in total. The maximum absolute atomic E-state index is 13.0. The molecule has 1 aliphatic carbocycles. The fraction of sp³-hybridized carbons (Fsp3) is 0.353. The number of rotatable bonds is 3. The number of carbonyl (C=O) groups is 1. The molecule has 3 rings (SSSR count). The standard InChI is InChI=1S/C17H17N3O3/c1-3-5-11-6-4-7-13-14(11)16(21)20(12-8-9-12)15(19-13)10(2)18-17(22)23/h4,6-7,10,12,18H,8-9H2,1-2H3,(H,22,23). The van der Waals surface area contributed by atoms with Gasteiger partial charge in [-0.2, -0.15) is 0 Å². The average molecular weight is 311 g/mol. The summed E-state index contributed by atoms with van der Waals surface area (Å²) >= 11 is 0. The second-order valence-corrected chi connectivity index (χ2v) is 5.62. The van der Waals surface area contributed by atoms with Gasteiger partial charge in [-0.05, 0) is 38.8 Å². The third-order valence-corrected chi connectivity index (χ3v) is 3.86. The fourth-order valence-electron chi connectivity index (χ4n) is 2.74. The molecule has 1 atom stereocenters. The number of hydrogen-bond acceptors (Lipinski definition) is 3. The monoisotopic (exact) mass is 311 g/mol. The van der Waals surface area contributed by atoms with Gasteiger partial charge in [0.2, 0.25) is 0 Å². The number of nitrogens with one attached hydrogen (secondary N) is 1. The van der Waals surface area contributed by atoms with Crippen LogP contribution in [0.3, 0.4) is 0 Å². The maximum atomic E-state index is 13.0. The van der Waals surface area contributed by atoms with Gasteiger partial charge in [0, 0.05) is 11.6 Å². The van der Waals surface area contributed by atoms with Gasteiger partial charge in [-0.15, -0.1) is 5.92 Å². The fourth-order valence-corrected chi connectivity index (χ4v) is 2.74. The molecule has 2 aromatic rings. The van der Waals surface area contributed by atoms with Crippen molar-refractivity contribution in [1.82, 2.24) is 14.9 Å². The van der Waals surface area contributed by atoms with E-state index in [1.54, 1.807) is 36.6 Å². The van der Waals surface area contributed by atoms with Gasteiger partial charge >= 0.3 is 6.09 Å². The first-order chi connectivity index (χ1) is 11.0. The lowest BCUT2D eigenvalue weighted by Crippen LogP contribution is -2.33. The Morgan fingerprint density at radius 1 is 1.48 bits per heavy atom. The highest BCUT2D eigenvalue weighted by Crippen LogP contribution is 2.36. The van der Waals surface area contributed by atoms with Crippen molar-refractivity contribution in [3.63, 3.8) is 0 Å². The van der Waals surface area contributed by atoms with Crippen LogP contribution in [0.15, 0.2) is 23.0 Å². The molecule has 6 heteroatoms. The number of carboxylic acid groups (broad SMARTS) is 1. The van der Waals surface area contributed by atoms with Gasteiger partial charge in [-0.3, -0.25) is 9.36 Å². The minimum atomic E-state index is -1.14.